The Morgan fingerprint density at radius 3 is 2.74 bits per heavy atom. The van der Waals surface area contributed by atoms with E-state index in [4.69, 9.17) is 4.74 Å². The predicted octanol–water partition coefficient (Wildman–Crippen LogP) is 3.71. The molecule has 1 aromatic carbocycles. The number of aromatic nitrogens is 1. The van der Waals surface area contributed by atoms with Crippen molar-refractivity contribution in [1.82, 2.24) is 4.98 Å². The van der Waals surface area contributed by atoms with Gasteiger partial charge in [0.2, 0.25) is 0 Å². The molecule has 2 aromatic rings. The van der Waals surface area contributed by atoms with Gasteiger partial charge in [-0.1, -0.05) is 6.07 Å². The molecular formula is C15H17FN2O. The lowest BCUT2D eigenvalue weighted by molar-refractivity contribution is 0.410. The summed E-state index contributed by atoms with van der Waals surface area (Å²) in [7, 11) is 1.52. The van der Waals surface area contributed by atoms with E-state index in [1.807, 2.05) is 19.9 Å². The van der Waals surface area contributed by atoms with Crippen LogP contribution in [0.15, 0.2) is 36.7 Å². The Hall–Kier alpha value is -2.10. The molecule has 1 heterocycles. The molecule has 2 rings (SSSR count). The van der Waals surface area contributed by atoms with Gasteiger partial charge in [0.25, 0.3) is 0 Å². The molecule has 0 saturated carbocycles. The van der Waals surface area contributed by atoms with Gasteiger partial charge in [-0.15, -0.1) is 0 Å². The second-order valence-electron chi connectivity index (χ2n) is 4.44. The van der Waals surface area contributed by atoms with Crippen LogP contribution in [-0.2, 0) is 0 Å². The van der Waals surface area contributed by atoms with Gasteiger partial charge < -0.3 is 10.1 Å². The minimum atomic E-state index is -0.277. The van der Waals surface area contributed by atoms with E-state index < -0.39 is 0 Å². The first-order valence-electron chi connectivity index (χ1n) is 6.12. The van der Waals surface area contributed by atoms with Crippen LogP contribution in [0.3, 0.4) is 0 Å². The summed E-state index contributed by atoms with van der Waals surface area (Å²) in [6, 6.07) is 6.65. The topological polar surface area (TPSA) is 34.1 Å². The Labute approximate surface area is 112 Å². The SMILES string of the molecule is COc1ccc(C(C)Nc2cnccc2C)c(F)c1. The first kappa shape index (κ1) is 13.3. The Morgan fingerprint density at radius 1 is 1.32 bits per heavy atom. The van der Waals surface area contributed by atoms with Gasteiger partial charge in [0.15, 0.2) is 0 Å². The summed E-state index contributed by atoms with van der Waals surface area (Å²) < 4.78 is 19.0. The number of hydrogen-bond donors (Lipinski definition) is 1. The maximum atomic E-state index is 14.0. The Bertz CT molecular complexity index is 572. The summed E-state index contributed by atoms with van der Waals surface area (Å²) in [5.41, 5.74) is 2.59. The van der Waals surface area contributed by atoms with Crippen molar-refractivity contribution in [1.29, 1.82) is 0 Å². The monoisotopic (exact) mass is 260 g/mol. The molecule has 1 N–H and O–H groups in total. The van der Waals surface area contributed by atoms with Gasteiger partial charge in [0.1, 0.15) is 11.6 Å². The molecule has 4 heteroatoms. The molecular weight excluding hydrogens is 243 g/mol. The third-order valence-electron chi connectivity index (χ3n) is 3.09. The van der Waals surface area contributed by atoms with E-state index in [0.717, 1.165) is 11.3 Å². The van der Waals surface area contributed by atoms with Crippen LogP contribution in [0, 0.1) is 12.7 Å². The fourth-order valence-corrected chi connectivity index (χ4v) is 1.91. The number of benzene rings is 1. The molecule has 3 nitrogen and oxygen atoms in total. The lowest BCUT2D eigenvalue weighted by Gasteiger charge is -2.18. The number of nitrogens with zero attached hydrogens (tertiary/aromatic N) is 1. The molecule has 19 heavy (non-hydrogen) atoms. The van der Waals surface area contributed by atoms with Crippen LogP contribution in [0.2, 0.25) is 0 Å². The minimum absolute atomic E-state index is 0.145. The highest BCUT2D eigenvalue weighted by Crippen LogP contribution is 2.25. The number of pyridine rings is 1. The predicted molar refractivity (Wildman–Crippen MR) is 74.0 cm³/mol. The second-order valence-corrected chi connectivity index (χ2v) is 4.44. The third kappa shape index (κ3) is 3.02. The van der Waals surface area contributed by atoms with E-state index in [1.165, 1.54) is 13.2 Å². The van der Waals surface area contributed by atoms with Gasteiger partial charge in [0.05, 0.1) is 25.0 Å². The highest BCUT2D eigenvalue weighted by molar-refractivity contribution is 5.50. The lowest BCUT2D eigenvalue weighted by atomic mass is 10.1. The average Bonchev–Trinajstić information content (AvgIpc) is 2.41. The highest BCUT2D eigenvalue weighted by atomic mass is 19.1. The first-order valence-corrected chi connectivity index (χ1v) is 6.12. The summed E-state index contributed by atoms with van der Waals surface area (Å²) in [6.45, 7) is 3.90. The van der Waals surface area contributed by atoms with Gasteiger partial charge in [-0.2, -0.15) is 0 Å². The minimum Gasteiger partial charge on any atom is -0.497 e. The highest BCUT2D eigenvalue weighted by Gasteiger charge is 2.12. The van der Waals surface area contributed by atoms with Crippen LogP contribution in [0.4, 0.5) is 10.1 Å². The number of nitrogens with one attached hydrogen (secondary N) is 1. The molecule has 0 aliphatic heterocycles. The van der Waals surface area contributed by atoms with Crippen LogP contribution in [0.1, 0.15) is 24.1 Å². The standard InChI is InChI=1S/C15H17FN2O/c1-10-6-7-17-9-15(10)18-11(2)13-5-4-12(19-3)8-14(13)16/h4-9,11,18H,1-3H3. The number of aryl methyl sites for hydroxylation is 1. The molecule has 1 unspecified atom stereocenters. The number of rotatable bonds is 4. The molecule has 1 atom stereocenters. The van der Waals surface area contributed by atoms with Crippen molar-refractivity contribution < 1.29 is 9.13 Å². The zero-order valence-corrected chi connectivity index (χ0v) is 11.3. The molecule has 0 bridgehead atoms. The smallest absolute Gasteiger partial charge is 0.132 e. The van der Waals surface area contributed by atoms with E-state index in [2.05, 4.69) is 10.3 Å². The number of anilines is 1. The van der Waals surface area contributed by atoms with Gasteiger partial charge >= 0.3 is 0 Å². The van der Waals surface area contributed by atoms with Crippen molar-refractivity contribution in [3.63, 3.8) is 0 Å². The van der Waals surface area contributed by atoms with E-state index in [1.54, 1.807) is 24.5 Å². The number of ether oxygens (including phenoxy) is 1. The number of hydrogen-bond acceptors (Lipinski definition) is 3. The van der Waals surface area contributed by atoms with E-state index in [0.29, 0.717) is 11.3 Å². The van der Waals surface area contributed by atoms with Gasteiger partial charge in [-0.25, -0.2) is 4.39 Å². The lowest BCUT2D eigenvalue weighted by Crippen LogP contribution is -2.09. The molecule has 0 amide bonds. The summed E-state index contributed by atoms with van der Waals surface area (Å²) in [4.78, 5) is 4.07. The molecule has 100 valence electrons. The Kier molecular flexibility index (Phi) is 4.00. The zero-order chi connectivity index (χ0) is 13.8. The van der Waals surface area contributed by atoms with Crippen molar-refractivity contribution in [3.05, 3.63) is 53.6 Å². The summed E-state index contributed by atoms with van der Waals surface area (Å²) in [6.07, 6.45) is 3.48. The summed E-state index contributed by atoms with van der Waals surface area (Å²) in [5.74, 6) is 0.243. The fourth-order valence-electron chi connectivity index (χ4n) is 1.91. The van der Waals surface area contributed by atoms with Crippen LogP contribution in [0.25, 0.3) is 0 Å². The molecule has 0 aliphatic carbocycles. The van der Waals surface area contributed by atoms with Crippen molar-refractivity contribution >= 4 is 5.69 Å². The zero-order valence-electron chi connectivity index (χ0n) is 11.3. The Morgan fingerprint density at radius 2 is 2.11 bits per heavy atom. The molecule has 1 aromatic heterocycles. The van der Waals surface area contributed by atoms with E-state index >= 15 is 0 Å². The van der Waals surface area contributed by atoms with Crippen LogP contribution in [0.5, 0.6) is 5.75 Å². The largest absolute Gasteiger partial charge is 0.497 e. The maximum Gasteiger partial charge on any atom is 0.132 e. The van der Waals surface area contributed by atoms with Crippen LogP contribution < -0.4 is 10.1 Å². The van der Waals surface area contributed by atoms with Crippen molar-refractivity contribution in [3.8, 4) is 5.75 Å². The molecule has 0 spiro atoms. The van der Waals surface area contributed by atoms with Crippen LogP contribution in [-0.4, -0.2) is 12.1 Å². The maximum absolute atomic E-state index is 14.0. The van der Waals surface area contributed by atoms with E-state index in [-0.39, 0.29) is 11.9 Å². The fraction of sp³-hybridized carbons (Fsp3) is 0.267. The van der Waals surface area contributed by atoms with Gasteiger partial charge in [-0.3, -0.25) is 4.98 Å². The Balaban J connectivity index is 2.21. The van der Waals surface area contributed by atoms with Crippen molar-refractivity contribution in [2.75, 3.05) is 12.4 Å². The van der Waals surface area contributed by atoms with Gasteiger partial charge in [-0.05, 0) is 31.5 Å². The number of halogens is 1. The molecule has 0 saturated heterocycles. The van der Waals surface area contributed by atoms with E-state index in [9.17, 15) is 4.39 Å². The second kappa shape index (κ2) is 5.69. The number of methoxy groups -OCH3 is 1. The van der Waals surface area contributed by atoms with Gasteiger partial charge in [0, 0.05) is 17.8 Å². The normalized spacial score (nSPS) is 12.0. The van der Waals surface area contributed by atoms with Crippen LogP contribution >= 0.6 is 0 Å². The first-order chi connectivity index (χ1) is 9.11. The average molecular weight is 260 g/mol. The van der Waals surface area contributed by atoms with Crippen molar-refractivity contribution in [2.24, 2.45) is 0 Å². The third-order valence-corrected chi connectivity index (χ3v) is 3.09. The quantitative estimate of drug-likeness (QED) is 0.910. The summed E-state index contributed by atoms with van der Waals surface area (Å²) >= 11 is 0. The molecule has 0 fully saturated rings. The molecule has 0 aliphatic rings. The summed E-state index contributed by atoms with van der Waals surface area (Å²) in [5, 5.41) is 3.26. The van der Waals surface area contributed by atoms with Crippen molar-refractivity contribution in [2.45, 2.75) is 19.9 Å². The molecule has 0 radical (unpaired) electrons.